The third-order valence-corrected chi connectivity index (χ3v) is 9.20. The van der Waals surface area contributed by atoms with Crippen LogP contribution in [0.4, 0.5) is 37.7 Å². The molecular weight excluding hydrogens is 734 g/mol. The number of alkyl halides is 6. The molecule has 3 aliphatic heterocycles. The Labute approximate surface area is 314 Å². The predicted octanol–water partition coefficient (Wildman–Crippen LogP) is 9.14. The van der Waals surface area contributed by atoms with Gasteiger partial charge in [-0.25, -0.2) is 0 Å². The smallest absolute Gasteiger partial charge is 0.508 e. The molecule has 9 nitrogen and oxygen atoms in total. The van der Waals surface area contributed by atoms with Gasteiger partial charge in [0, 0.05) is 63.2 Å². The number of aromatic hydroxyl groups is 1. The molecular formula is C40H42F6N2O7. The maximum Gasteiger partial charge on any atom is 0.573 e. The highest BCUT2D eigenvalue weighted by atomic mass is 19.4. The summed E-state index contributed by atoms with van der Waals surface area (Å²) < 4.78 is 104. The monoisotopic (exact) mass is 776 g/mol. The van der Waals surface area contributed by atoms with Crippen molar-refractivity contribution in [3.05, 3.63) is 97.1 Å². The minimum absolute atomic E-state index is 0.0164. The first-order valence-electron chi connectivity index (χ1n) is 17.9. The number of rotatable bonds is 11. The van der Waals surface area contributed by atoms with E-state index in [1.165, 1.54) is 48.5 Å². The van der Waals surface area contributed by atoms with Gasteiger partial charge in [0.1, 0.15) is 58.9 Å². The molecule has 3 saturated heterocycles. The van der Waals surface area contributed by atoms with Gasteiger partial charge in [0.15, 0.2) is 0 Å². The lowest BCUT2D eigenvalue weighted by Gasteiger charge is -2.33. The lowest BCUT2D eigenvalue weighted by Crippen LogP contribution is -2.38. The zero-order valence-electron chi connectivity index (χ0n) is 30.0. The Bertz CT molecular complexity index is 1770. The molecule has 4 aromatic rings. The zero-order chi connectivity index (χ0) is 39.1. The van der Waals surface area contributed by atoms with E-state index in [2.05, 4.69) is 19.3 Å². The fourth-order valence-electron chi connectivity index (χ4n) is 6.15. The van der Waals surface area contributed by atoms with Crippen LogP contribution in [0.25, 0.3) is 0 Å². The average molecular weight is 777 g/mol. The molecule has 3 heterocycles. The number of epoxide rings is 1. The number of piperidine rings is 2. The van der Waals surface area contributed by atoms with Crippen molar-refractivity contribution in [1.29, 1.82) is 0 Å². The fraction of sp³-hybridized carbons (Fsp3) is 0.400. The highest BCUT2D eigenvalue weighted by Gasteiger charge is 2.40. The summed E-state index contributed by atoms with van der Waals surface area (Å²) in [6.07, 6.45) is -6.07. The number of benzene rings is 4. The van der Waals surface area contributed by atoms with Crippen LogP contribution >= 0.6 is 0 Å². The van der Waals surface area contributed by atoms with Crippen LogP contribution in [-0.4, -0.2) is 75.0 Å². The Balaban J connectivity index is 0.000000190. The van der Waals surface area contributed by atoms with Gasteiger partial charge in [0.2, 0.25) is 0 Å². The van der Waals surface area contributed by atoms with E-state index in [1.54, 1.807) is 12.1 Å². The van der Waals surface area contributed by atoms with Crippen molar-refractivity contribution in [2.75, 3.05) is 49.2 Å². The average Bonchev–Trinajstić information content (AvgIpc) is 3.90. The molecule has 0 spiro atoms. The first-order chi connectivity index (χ1) is 26.2. The van der Waals surface area contributed by atoms with Crippen LogP contribution in [0.2, 0.25) is 0 Å². The summed E-state index contributed by atoms with van der Waals surface area (Å²) >= 11 is 0. The second kappa shape index (κ2) is 17.1. The maximum atomic E-state index is 12.2. The molecule has 3 fully saturated rings. The molecule has 4 aromatic carbocycles. The Morgan fingerprint density at radius 3 is 1.29 bits per heavy atom. The number of hydrogen-bond donors (Lipinski definition) is 1. The van der Waals surface area contributed by atoms with E-state index >= 15 is 0 Å². The fourth-order valence-corrected chi connectivity index (χ4v) is 6.15. The molecule has 3 aliphatic rings. The van der Waals surface area contributed by atoms with Gasteiger partial charge in [0.05, 0.1) is 6.61 Å². The van der Waals surface area contributed by atoms with Crippen LogP contribution in [0, 0.1) is 0 Å². The third kappa shape index (κ3) is 12.7. The molecule has 7 rings (SSSR count). The van der Waals surface area contributed by atoms with Crippen LogP contribution < -0.4 is 33.5 Å². The number of nitrogens with zero attached hydrogens (tertiary/aromatic N) is 2. The SMILES string of the molecule is CC1(COc2ccc(N3CCC(Oc4ccc(OC(F)(F)F)cc4)CC3)cc2)CO1.Oc1ccc(N2CCC(Oc3ccc(OC(F)(F)F)cc3)CC2)cc1. The number of hydrogen-bond acceptors (Lipinski definition) is 9. The van der Waals surface area contributed by atoms with Gasteiger partial charge >= 0.3 is 12.7 Å². The highest BCUT2D eigenvalue weighted by molar-refractivity contribution is 5.50. The molecule has 1 unspecified atom stereocenters. The minimum atomic E-state index is -4.69. The first kappa shape index (κ1) is 39.5. The maximum absolute atomic E-state index is 12.2. The number of halogens is 6. The topological polar surface area (TPSA) is 85.4 Å². The summed E-state index contributed by atoms with van der Waals surface area (Å²) in [7, 11) is 0. The molecule has 1 atom stereocenters. The summed E-state index contributed by atoms with van der Waals surface area (Å²) in [5, 5.41) is 9.33. The van der Waals surface area contributed by atoms with Crippen LogP contribution in [0.1, 0.15) is 32.6 Å². The van der Waals surface area contributed by atoms with Gasteiger partial charge in [-0.2, -0.15) is 0 Å². The van der Waals surface area contributed by atoms with Gasteiger partial charge in [-0.1, -0.05) is 0 Å². The van der Waals surface area contributed by atoms with Crippen LogP contribution in [0.5, 0.6) is 34.5 Å². The summed E-state index contributed by atoms with van der Waals surface area (Å²) in [5.41, 5.74) is 2.04. The molecule has 55 heavy (non-hydrogen) atoms. The first-order valence-corrected chi connectivity index (χ1v) is 17.9. The van der Waals surface area contributed by atoms with Crippen molar-refractivity contribution in [3.63, 3.8) is 0 Å². The lowest BCUT2D eigenvalue weighted by atomic mass is 10.1. The van der Waals surface area contributed by atoms with Gasteiger partial charge in [0.25, 0.3) is 0 Å². The standard InChI is InChI=1S/C22H24F3NO4.C18H18F3NO3/c1-21(15-28-21)14-27-17-4-2-16(3-5-17)26-12-10-19(11-13-26)29-18-6-8-20(9-7-18)30-22(23,24)25;19-18(20,21)25-17-7-5-15(6-8-17)24-16-9-11-22(12-10-16)13-1-3-14(23)4-2-13/h2-9,19H,10-15H2,1H3;1-8,16,23H,9-12H2. The molecule has 1 N–H and O–H groups in total. The third-order valence-electron chi connectivity index (χ3n) is 9.20. The second-order valence-electron chi connectivity index (χ2n) is 13.7. The van der Waals surface area contributed by atoms with E-state index in [0.717, 1.165) is 75.6 Å². The van der Waals surface area contributed by atoms with Gasteiger partial charge < -0.3 is 43.3 Å². The molecule has 0 aromatic heterocycles. The van der Waals surface area contributed by atoms with Crippen molar-refractivity contribution >= 4 is 11.4 Å². The van der Waals surface area contributed by atoms with E-state index in [-0.39, 0.29) is 35.1 Å². The van der Waals surface area contributed by atoms with Crippen molar-refractivity contribution < 1.29 is 59.9 Å². The van der Waals surface area contributed by atoms with E-state index in [0.29, 0.717) is 18.1 Å². The normalized spacial score (nSPS) is 19.2. The van der Waals surface area contributed by atoms with Crippen LogP contribution in [-0.2, 0) is 4.74 Å². The van der Waals surface area contributed by atoms with Crippen molar-refractivity contribution in [2.45, 2.75) is 63.1 Å². The predicted molar refractivity (Wildman–Crippen MR) is 192 cm³/mol. The van der Waals surface area contributed by atoms with Gasteiger partial charge in [-0.05, 0) is 104 Å². The number of anilines is 2. The Morgan fingerprint density at radius 2 is 0.927 bits per heavy atom. The van der Waals surface area contributed by atoms with Crippen LogP contribution in [0.3, 0.4) is 0 Å². The zero-order valence-corrected chi connectivity index (χ0v) is 30.0. The minimum Gasteiger partial charge on any atom is -0.508 e. The van der Waals surface area contributed by atoms with Crippen molar-refractivity contribution in [1.82, 2.24) is 0 Å². The molecule has 0 saturated carbocycles. The molecule has 296 valence electrons. The van der Waals surface area contributed by atoms with Gasteiger partial charge in [-0.15, -0.1) is 26.3 Å². The summed E-state index contributed by atoms with van der Waals surface area (Å²) in [4.78, 5) is 4.49. The van der Waals surface area contributed by atoms with Crippen molar-refractivity contribution in [2.24, 2.45) is 0 Å². The van der Waals surface area contributed by atoms with Crippen molar-refractivity contribution in [3.8, 4) is 34.5 Å². The lowest BCUT2D eigenvalue weighted by molar-refractivity contribution is -0.275. The molecule has 0 bridgehead atoms. The molecule has 0 aliphatic carbocycles. The molecule has 15 heteroatoms. The summed E-state index contributed by atoms with van der Waals surface area (Å²) in [5.74, 6) is 1.61. The number of ether oxygens (including phenoxy) is 6. The Hall–Kier alpha value is -5.18. The number of phenolic OH excluding ortho intramolecular Hbond substituents is 1. The molecule has 0 amide bonds. The van der Waals surface area contributed by atoms with E-state index < -0.39 is 12.7 Å². The van der Waals surface area contributed by atoms with E-state index in [4.69, 9.17) is 18.9 Å². The quantitative estimate of drug-likeness (QED) is 0.118. The Kier molecular flexibility index (Phi) is 12.3. The van der Waals surface area contributed by atoms with Crippen LogP contribution in [0.15, 0.2) is 97.1 Å². The number of phenols is 1. The van der Waals surface area contributed by atoms with E-state index in [1.807, 2.05) is 43.3 Å². The van der Waals surface area contributed by atoms with E-state index in [9.17, 15) is 31.4 Å². The summed E-state index contributed by atoms with van der Waals surface area (Å²) in [6, 6.07) is 26.0. The second-order valence-corrected chi connectivity index (χ2v) is 13.7. The van der Waals surface area contributed by atoms with Gasteiger partial charge in [-0.3, -0.25) is 0 Å². The summed E-state index contributed by atoms with van der Waals surface area (Å²) in [6.45, 7) is 6.62. The highest BCUT2D eigenvalue weighted by Crippen LogP contribution is 2.31. The molecule has 0 radical (unpaired) electrons. The Morgan fingerprint density at radius 1 is 0.582 bits per heavy atom. The largest absolute Gasteiger partial charge is 0.573 e.